The van der Waals surface area contributed by atoms with Gasteiger partial charge in [0, 0.05) is 62.7 Å². The normalized spacial score (nSPS) is 17.9. The molecule has 0 aromatic carbocycles. The van der Waals surface area contributed by atoms with Crippen molar-refractivity contribution in [1.82, 2.24) is 33.9 Å². The highest BCUT2D eigenvalue weighted by atomic mass is 16.2. The number of pyridine rings is 2. The summed E-state index contributed by atoms with van der Waals surface area (Å²) in [5, 5.41) is 14.0. The fraction of sp³-hybridized carbons (Fsp3) is 0.344. The average Bonchev–Trinajstić information content (AvgIpc) is 3.63. The molecular weight excluding hydrogens is 526 g/mol. The Morgan fingerprint density at radius 3 is 2.50 bits per heavy atom. The number of hydrogen-bond acceptors (Lipinski definition) is 7. The van der Waals surface area contributed by atoms with E-state index in [4.69, 9.17) is 4.98 Å². The topological polar surface area (TPSA) is 98.6 Å². The number of nitriles is 1. The Kier molecular flexibility index (Phi) is 7.35. The average molecular weight is 562 g/mol. The second-order valence-corrected chi connectivity index (χ2v) is 11.4. The van der Waals surface area contributed by atoms with Crippen LogP contribution in [0.5, 0.6) is 0 Å². The quantitative estimate of drug-likeness (QED) is 0.353. The Hall–Kier alpha value is -4.75. The molecule has 4 aromatic rings. The number of amides is 1. The first-order valence-corrected chi connectivity index (χ1v) is 14.2. The molecule has 2 aliphatic rings. The summed E-state index contributed by atoms with van der Waals surface area (Å²) >= 11 is 0. The highest BCUT2D eigenvalue weighted by Gasteiger charge is 2.34. The SMILES string of the molecule is CC1=CC=CC([C@H](C(=O)N2CCN(c3ccc(-c4cc(-c5cnn(C)c5)cc5ncc(C#N)n45)cn3)CC2)N(C)C)C1. The smallest absolute Gasteiger partial charge is 0.240 e. The van der Waals surface area contributed by atoms with E-state index in [0.717, 1.165) is 47.7 Å². The molecule has 0 spiro atoms. The first-order valence-electron chi connectivity index (χ1n) is 14.2. The lowest BCUT2D eigenvalue weighted by Crippen LogP contribution is -2.55. The third-order valence-corrected chi connectivity index (χ3v) is 8.23. The maximum Gasteiger partial charge on any atom is 0.240 e. The van der Waals surface area contributed by atoms with E-state index in [1.807, 2.05) is 73.3 Å². The predicted molar refractivity (Wildman–Crippen MR) is 163 cm³/mol. The van der Waals surface area contributed by atoms with Gasteiger partial charge in [0.25, 0.3) is 0 Å². The third kappa shape index (κ3) is 5.19. The molecule has 0 saturated carbocycles. The first-order chi connectivity index (χ1) is 20.3. The summed E-state index contributed by atoms with van der Waals surface area (Å²) in [6, 6.07) is 10.1. The van der Waals surface area contributed by atoms with Crippen LogP contribution in [0.4, 0.5) is 5.82 Å². The highest BCUT2D eigenvalue weighted by molar-refractivity contribution is 5.83. The zero-order valence-corrected chi connectivity index (χ0v) is 24.5. The lowest BCUT2D eigenvalue weighted by molar-refractivity contribution is -0.137. The molecule has 1 aliphatic heterocycles. The molecule has 214 valence electrons. The molecule has 1 unspecified atom stereocenters. The van der Waals surface area contributed by atoms with Gasteiger partial charge in [-0.15, -0.1) is 0 Å². The van der Waals surface area contributed by atoms with Crippen LogP contribution in [0.2, 0.25) is 0 Å². The van der Waals surface area contributed by atoms with E-state index in [1.165, 1.54) is 5.57 Å². The molecule has 1 aliphatic carbocycles. The maximum absolute atomic E-state index is 13.6. The summed E-state index contributed by atoms with van der Waals surface area (Å²) in [5.41, 5.74) is 6.14. The summed E-state index contributed by atoms with van der Waals surface area (Å²) < 4.78 is 3.63. The van der Waals surface area contributed by atoms with Crippen LogP contribution in [-0.2, 0) is 11.8 Å². The van der Waals surface area contributed by atoms with Crippen LogP contribution >= 0.6 is 0 Å². The zero-order chi connectivity index (χ0) is 29.4. The number of allylic oxidation sites excluding steroid dienone is 3. The highest BCUT2D eigenvalue weighted by Crippen LogP contribution is 2.30. The van der Waals surface area contributed by atoms with Gasteiger partial charge in [-0.1, -0.05) is 23.8 Å². The largest absolute Gasteiger partial charge is 0.353 e. The Bertz CT molecular complexity index is 1710. The van der Waals surface area contributed by atoms with Crippen LogP contribution < -0.4 is 4.90 Å². The summed E-state index contributed by atoms with van der Waals surface area (Å²) in [6.45, 7) is 4.89. The molecule has 6 rings (SSSR count). The first kappa shape index (κ1) is 27.4. The number of fused-ring (bicyclic) bond motifs is 1. The number of nitrogens with zero attached hydrogens (tertiary/aromatic N) is 9. The second-order valence-electron chi connectivity index (χ2n) is 11.4. The van der Waals surface area contributed by atoms with Crippen molar-refractivity contribution in [3.8, 4) is 28.5 Å². The van der Waals surface area contributed by atoms with Crippen molar-refractivity contribution in [3.63, 3.8) is 0 Å². The number of aryl methyl sites for hydroxylation is 1. The van der Waals surface area contributed by atoms with Crippen LogP contribution in [0.15, 0.2) is 72.9 Å². The number of rotatable bonds is 6. The van der Waals surface area contributed by atoms with Gasteiger partial charge in [0.05, 0.1) is 24.1 Å². The lowest BCUT2D eigenvalue weighted by atomic mass is 9.87. The van der Waals surface area contributed by atoms with Crippen molar-refractivity contribution < 1.29 is 4.79 Å². The van der Waals surface area contributed by atoms with E-state index >= 15 is 0 Å². The molecule has 10 heteroatoms. The zero-order valence-electron chi connectivity index (χ0n) is 24.5. The van der Waals surface area contributed by atoms with Gasteiger partial charge < -0.3 is 9.80 Å². The molecule has 5 heterocycles. The monoisotopic (exact) mass is 561 g/mol. The van der Waals surface area contributed by atoms with Gasteiger partial charge in [-0.3, -0.25) is 18.8 Å². The number of hydrogen-bond donors (Lipinski definition) is 0. The van der Waals surface area contributed by atoms with E-state index < -0.39 is 0 Å². The van der Waals surface area contributed by atoms with Crippen molar-refractivity contribution in [3.05, 3.63) is 78.5 Å². The second kappa shape index (κ2) is 11.3. The predicted octanol–water partition coefficient (Wildman–Crippen LogP) is 3.77. The van der Waals surface area contributed by atoms with Crippen molar-refractivity contribution in [1.29, 1.82) is 5.26 Å². The van der Waals surface area contributed by atoms with Gasteiger partial charge in [0.1, 0.15) is 23.2 Å². The van der Waals surface area contributed by atoms with Crippen LogP contribution in [0.3, 0.4) is 0 Å². The molecule has 1 fully saturated rings. The van der Waals surface area contributed by atoms with Crippen molar-refractivity contribution in [2.75, 3.05) is 45.2 Å². The minimum atomic E-state index is -0.172. The molecule has 42 heavy (non-hydrogen) atoms. The van der Waals surface area contributed by atoms with Gasteiger partial charge in [0.15, 0.2) is 0 Å². The number of aromatic nitrogens is 5. The fourth-order valence-corrected chi connectivity index (χ4v) is 6.08. The number of anilines is 1. The van der Waals surface area contributed by atoms with Crippen LogP contribution in [0, 0.1) is 17.2 Å². The number of likely N-dealkylation sites (N-methyl/N-ethyl adjacent to an activating group) is 1. The van der Waals surface area contributed by atoms with Crippen LogP contribution in [-0.4, -0.2) is 86.2 Å². The summed E-state index contributed by atoms with van der Waals surface area (Å²) in [4.78, 5) is 29.2. The van der Waals surface area contributed by atoms with Gasteiger partial charge in [-0.05, 0) is 57.3 Å². The number of imidazole rings is 1. The van der Waals surface area contributed by atoms with E-state index in [-0.39, 0.29) is 17.9 Å². The number of piperazine rings is 1. The molecule has 0 N–H and O–H groups in total. The Morgan fingerprint density at radius 2 is 1.86 bits per heavy atom. The van der Waals surface area contributed by atoms with Crippen molar-refractivity contribution in [2.24, 2.45) is 13.0 Å². The molecule has 10 nitrogen and oxygen atoms in total. The van der Waals surface area contributed by atoms with Crippen LogP contribution in [0.1, 0.15) is 19.0 Å². The van der Waals surface area contributed by atoms with E-state index in [2.05, 4.69) is 51.1 Å². The van der Waals surface area contributed by atoms with E-state index in [0.29, 0.717) is 24.4 Å². The molecule has 1 amide bonds. The number of carbonyl (C=O) groups is 1. The summed E-state index contributed by atoms with van der Waals surface area (Å²) in [5.74, 6) is 1.25. The molecule has 4 aromatic heterocycles. The Morgan fingerprint density at radius 1 is 1.05 bits per heavy atom. The van der Waals surface area contributed by atoms with E-state index in [9.17, 15) is 10.1 Å². The lowest BCUT2D eigenvalue weighted by Gasteiger charge is -2.40. The van der Waals surface area contributed by atoms with Gasteiger partial charge in [-0.2, -0.15) is 10.4 Å². The van der Waals surface area contributed by atoms with Crippen molar-refractivity contribution >= 4 is 17.4 Å². The minimum Gasteiger partial charge on any atom is -0.353 e. The molecular formula is C32H35N9O. The van der Waals surface area contributed by atoms with E-state index in [1.54, 1.807) is 10.9 Å². The molecule has 0 radical (unpaired) electrons. The van der Waals surface area contributed by atoms with Crippen molar-refractivity contribution in [2.45, 2.75) is 19.4 Å². The third-order valence-electron chi connectivity index (χ3n) is 8.23. The summed E-state index contributed by atoms with van der Waals surface area (Å²) in [6.07, 6.45) is 14.5. The molecule has 1 saturated heterocycles. The number of carbonyl (C=O) groups excluding carboxylic acids is 1. The maximum atomic E-state index is 13.6. The molecule has 0 bridgehead atoms. The Balaban J connectivity index is 1.20. The summed E-state index contributed by atoms with van der Waals surface area (Å²) in [7, 11) is 5.88. The molecule has 2 atom stereocenters. The van der Waals surface area contributed by atoms with Gasteiger partial charge in [-0.25, -0.2) is 9.97 Å². The fourth-order valence-electron chi connectivity index (χ4n) is 6.08. The van der Waals surface area contributed by atoms with Gasteiger partial charge in [0.2, 0.25) is 5.91 Å². The standard InChI is InChI=1S/C32H35N9O/c1-22-6-5-7-23(14-22)31(37(2)3)32(42)40-12-10-39(11-13-40)29-9-8-24(18-34-29)28-15-25(26-19-36-38(4)21-26)16-30-35-20-27(17-33)41(28)30/h5-9,15-16,18-21,23,31H,10-14H2,1-4H3/t23?,31-/m1/s1. The Labute approximate surface area is 245 Å². The van der Waals surface area contributed by atoms with Gasteiger partial charge >= 0.3 is 0 Å². The van der Waals surface area contributed by atoms with Crippen LogP contribution in [0.25, 0.3) is 28.0 Å². The minimum absolute atomic E-state index is 0.172.